The molecule has 5 nitrogen and oxygen atoms in total. The van der Waals surface area contributed by atoms with Crippen molar-refractivity contribution in [3.63, 3.8) is 0 Å². The fourth-order valence-corrected chi connectivity index (χ4v) is 3.36. The van der Waals surface area contributed by atoms with Gasteiger partial charge in [0.1, 0.15) is 38.5 Å². The van der Waals surface area contributed by atoms with E-state index in [1.165, 1.54) is 33.7 Å². The van der Waals surface area contributed by atoms with Gasteiger partial charge in [-0.1, -0.05) is 35.9 Å². The zero-order valence-electron chi connectivity index (χ0n) is 15.1. The van der Waals surface area contributed by atoms with E-state index in [0.717, 1.165) is 37.7 Å². The fourth-order valence-electron chi connectivity index (χ4n) is 3.23. The predicted octanol–water partition coefficient (Wildman–Crippen LogP) is -0.0872. The minimum absolute atomic E-state index is 0.126. The lowest BCUT2D eigenvalue weighted by atomic mass is 10.2. The highest BCUT2D eigenvalue weighted by atomic mass is 35.5. The number of quaternary nitrogens is 2. The van der Waals surface area contributed by atoms with Gasteiger partial charge in [-0.3, -0.25) is 4.79 Å². The maximum absolute atomic E-state index is 13.1. The van der Waals surface area contributed by atoms with Crippen LogP contribution >= 0.6 is 11.6 Å². The summed E-state index contributed by atoms with van der Waals surface area (Å²) in [6, 6.07) is 14.1. The minimum atomic E-state index is -0.325. The van der Waals surface area contributed by atoms with E-state index in [1.807, 2.05) is 12.1 Å². The molecule has 0 unspecified atom stereocenters. The van der Waals surface area contributed by atoms with Gasteiger partial charge in [-0.25, -0.2) is 9.82 Å². The number of nitrogens with one attached hydrogen (secondary N) is 3. The summed E-state index contributed by atoms with van der Waals surface area (Å²) in [5, 5.41) is 4.66. The molecule has 0 atom stereocenters. The van der Waals surface area contributed by atoms with Gasteiger partial charge in [0.25, 0.3) is 5.91 Å². The highest BCUT2D eigenvalue weighted by Crippen LogP contribution is 2.08. The van der Waals surface area contributed by atoms with Crippen LogP contribution in [0.1, 0.15) is 11.1 Å². The van der Waals surface area contributed by atoms with E-state index in [4.69, 9.17) is 11.6 Å². The number of carbonyl (C=O) groups is 1. The molecule has 3 rings (SSSR count). The van der Waals surface area contributed by atoms with Crippen LogP contribution in [0.5, 0.6) is 0 Å². The summed E-state index contributed by atoms with van der Waals surface area (Å²) in [5.41, 5.74) is 4.42. The first kappa shape index (κ1) is 19.5. The smallest absolute Gasteiger partial charge is 0.295 e. The first-order valence-corrected chi connectivity index (χ1v) is 9.45. The number of hydrogen-bond acceptors (Lipinski definition) is 2. The van der Waals surface area contributed by atoms with Gasteiger partial charge < -0.3 is 9.80 Å². The van der Waals surface area contributed by atoms with Crippen molar-refractivity contribution in [2.45, 2.75) is 6.54 Å². The van der Waals surface area contributed by atoms with Crippen LogP contribution in [0, 0.1) is 5.82 Å². The van der Waals surface area contributed by atoms with Gasteiger partial charge in [-0.05, 0) is 29.8 Å². The van der Waals surface area contributed by atoms with Crippen molar-refractivity contribution in [1.82, 2.24) is 5.43 Å². The van der Waals surface area contributed by atoms with Crippen molar-refractivity contribution in [3.8, 4) is 0 Å². The van der Waals surface area contributed by atoms with Crippen LogP contribution in [0.15, 0.2) is 53.6 Å². The van der Waals surface area contributed by atoms with Gasteiger partial charge in [-0.2, -0.15) is 5.10 Å². The van der Waals surface area contributed by atoms with Gasteiger partial charge >= 0.3 is 0 Å². The molecule has 1 heterocycles. The fraction of sp³-hybridized carbons (Fsp3) is 0.300. The molecule has 1 aliphatic heterocycles. The van der Waals surface area contributed by atoms with Crippen molar-refractivity contribution in [2.24, 2.45) is 5.10 Å². The number of rotatable bonds is 6. The average Bonchev–Trinajstić information content (AvgIpc) is 2.65. The number of nitrogens with zero attached hydrogens (tertiary/aromatic N) is 1. The van der Waals surface area contributed by atoms with E-state index in [9.17, 15) is 9.18 Å². The molecule has 7 heteroatoms. The summed E-state index contributed by atoms with van der Waals surface area (Å²) >= 11 is 5.93. The molecular formula is C20H24ClFN4O+2. The van der Waals surface area contributed by atoms with Crippen LogP contribution in [0.4, 0.5) is 4.39 Å². The highest BCUT2D eigenvalue weighted by molar-refractivity contribution is 6.30. The molecule has 2 aromatic rings. The summed E-state index contributed by atoms with van der Waals surface area (Å²) in [6.07, 6.45) is 1.45. The zero-order valence-corrected chi connectivity index (χ0v) is 15.8. The molecule has 0 saturated carbocycles. The molecule has 0 bridgehead atoms. The van der Waals surface area contributed by atoms with E-state index in [1.54, 1.807) is 12.1 Å². The lowest BCUT2D eigenvalue weighted by Crippen LogP contribution is -3.28. The minimum Gasteiger partial charge on any atom is -0.322 e. The molecule has 2 aromatic carbocycles. The highest BCUT2D eigenvalue weighted by Gasteiger charge is 2.24. The Kier molecular flexibility index (Phi) is 6.92. The van der Waals surface area contributed by atoms with Gasteiger partial charge in [0.05, 0.1) is 6.21 Å². The molecule has 0 aliphatic carbocycles. The summed E-state index contributed by atoms with van der Waals surface area (Å²) in [5.74, 6) is -0.451. The normalized spacial score (nSPS) is 19.9. The van der Waals surface area contributed by atoms with E-state index in [0.29, 0.717) is 12.1 Å². The number of amides is 1. The molecule has 1 amide bonds. The number of hydrogen-bond donors (Lipinski definition) is 3. The SMILES string of the molecule is O=C(C[NH+]1CC[NH+](Cc2ccc(Cl)cc2)CC1)N/N=C\c1cccc(F)c1. The summed E-state index contributed by atoms with van der Waals surface area (Å²) in [7, 11) is 0. The second-order valence-electron chi connectivity index (χ2n) is 6.83. The molecule has 142 valence electrons. The van der Waals surface area contributed by atoms with Gasteiger partial charge in [0.15, 0.2) is 6.54 Å². The summed E-state index contributed by atoms with van der Waals surface area (Å²) in [4.78, 5) is 14.8. The number of piperazine rings is 1. The summed E-state index contributed by atoms with van der Waals surface area (Å²) in [6.45, 7) is 5.33. The second kappa shape index (κ2) is 9.60. The Balaban J connectivity index is 1.38. The lowest BCUT2D eigenvalue weighted by Gasteiger charge is -2.29. The zero-order chi connectivity index (χ0) is 19.1. The Labute approximate surface area is 163 Å². The Morgan fingerprint density at radius 3 is 2.52 bits per heavy atom. The third-order valence-corrected chi connectivity index (χ3v) is 4.95. The van der Waals surface area contributed by atoms with E-state index in [-0.39, 0.29) is 11.7 Å². The quantitative estimate of drug-likeness (QED) is 0.469. The lowest BCUT2D eigenvalue weighted by molar-refractivity contribution is -1.02. The average molecular weight is 391 g/mol. The number of hydrazone groups is 1. The standard InChI is InChI=1S/C20H22ClFN4O/c21-18-6-4-16(5-7-18)14-25-8-10-26(11-9-25)15-20(27)24-23-13-17-2-1-3-19(22)12-17/h1-7,12-13H,8-11,14-15H2,(H,24,27)/p+2/b23-13-. The van der Waals surface area contributed by atoms with Crippen LogP contribution in [0.25, 0.3) is 0 Å². The molecule has 27 heavy (non-hydrogen) atoms. The third kappa shape index (κ3) is 6.43. The Morgan fingerprint density at radius 2 is 1.81 bits per heavy atom. The van der Waals surface area contributed by atoms with Crippen molar-refractivity contribution in [3.05, 3.63) is 70.5 Å². The molecule has 0 radical (unpaired) electrons. The number of halogens is 2. The molecule has 0 aromatic heterocycles. The molecule has 1 saturated heterocycles. The van der Waals surface area contributed by atoms with Crippen LogP contribution in [0.3, 0.4) is 0 Å². The van der Waals surface area contributed by atoms with Crippen LogP contribution in [-0.4, -0.2) is 44.8 Å². The van der Waals surface area contributed by atoms with Gasteiger partial charge in [0.2, 0.25) is 0 Å². The van der Waals surface area contributed by atoms with Crippen LogP contribution < -0.4 is 15.2 Å². The van der Waals surface area contributed by atoms with Crippen LogP contribution in [0.2, 0.25) is 5.02 Å². The molecule has 0 spiro atoms. The van der Waals surface area contributed by atoms with Crippen molar-refractivity contribution >= 4 is 23.7 Å². The number of carbonyl (C=O) groups excluding carboxylic acids is 1. The van der Waals surface area contributed by atoms with E-state index < -0.39 is 0 Å². The van der Waals surface area contributed by atoms with Gasteiger partial charge in [0, 0.05) is 10.6 Å². The van der Waals surface area contributed by atoms with Crippen molar-refractivity contribution in [1.29, 1.82) is 0 Å². The van der Waals surface area contributed by atoms with E-state index in [2.05, 4.69) is 22.7 Å². The first-order valence-electron chi connectivity index (χ1n) is 9.07. The van der Waals surface area contributed by atoms with Gasteiger partial charge in [-0.15, -0.1) is 0 Å². The Hall–Kier alpha value is -2.28. The first-order chi connectivity index (χ1) is 13.1. The van der Waals surface area contributed by atoms with Crippen molar-refractivity contribution < 1.29 is 19.0 Å². The van der Waals surface area contributed by atoms with Crippen LogP contribution in [-0.2, 0) is 11.3 Å². The molecule has 1 fully saturated rings. The van der Waals surface area contributed by atoms with Crippen molar-refractivity contribution in [2.75, 3.05) is 32.7 Å². The maximum atomic E-state index is 13.1. The largest absolute Gasteiger partial charge is 0.322 e. The maximum Gasteiger partial charge on any atom is 0.295 e. The van der Waals surface area contributed by atoms with E-state index >= 15 is 0 Å². The Morgan fingerprint density at radius 1 is 1.11 bits per heavy atom. The monoisotopic (exact) mass is 390 g/mol. The third-order valence-electron chi connectivity index (χ3n) is 4.69. The predicted molar refractivity (Wildman–Crippen MR) is 104 cm³/mol. The number of benzene rings is 2. The molecular weight excluding hydrogens is 367 g/mol. The topological polar surface area (TPSA) is 50.3 Å². The second-order valence-corrected chi connectivity index (χ2v) is 7.26. The Bertz CT molecular complexity index is 789. The molecule has 3 N–H and O–H groups in total. The summed E-state index contributed by atoms with van der Waals surface area (Å²) < 4.78 is 13.1. The molecule has 1 aliphatic rings.